The molecule has 4 heteroatoms. The van der Waals surface area contributed by atoms with Crippen LogP contribution in [0.1, 0.15) is 11.1 Å². The highest BCUT2D eigenvalue weighted by Crippen LogP contribution is 2.06. The van der Waals surface area contributed by atoms with Crippen molar-refractivity contribution in [1.82, 2.24) is 0 Å². The maximum absolute atomic E-state index is 8.24. The third-order valence-electron chi connectivity index (χ3n) is 2.39. The molecule has 20 heavy (non-hydrogen) atoms. The number of isocyanates is 2. The molecule has 0 unspecified atom stereocenters. The number of hydrogen-bond donors (Lipinski definition) is 0. The second-order valence-electron chi connectivity index (χ2n) is 3.65. The molecule has 0 saturated carbocycles. The average Bonchev–Trinajstić information content (AvgIpc) is 2.49. The summed E-state index contributed by atoms with van der Waals surface area (Å²) in [5.41, 5.74) is 2.83. The summed E-state index contributed by atoms with van der Waals surface area (Å²) in [7, 11) is 0. The van der Waals surface area contributed by atoms with Crippen LogP contribution in [-0.2, 0) is 22.4 Å². The summed E-state index contributed by atoms with van der Waals surface area (Å²) in [5, 5.41) is 13.5. The van der Waals surface area contributed by atoms with Gasteiger partial charge in [0.1, 0.15) is 0 Å². The summed E-state index contributed by atoms with van der Waals surface area (Å²) < 4.78 is 0. The zero-order chi connectivity index (χ0) is 15.1. The Kier molecular flexibility index (Phi) is 10.9. The van der Waals surface area contributed by atoms with Crippen LogP contribution in [0, 0.1) is 0 Å². The molecule has 2 aromatic rings. The van der Waals surface area contributed by atoms with E-state index in [0.717, 1.165) is 12.8 Å². The van der Waals surface area contributed by atoms with Gasteiger partial charge < -0.3 is 10.8 Å². The second kappa shape index (κ2) is 12.7. The van der Waals surface area contributed by atoms with Crippen molar-refractivity contribution in [3.8, 4) is 0 Å². The van der Waals surface area contributed by atoms with Gasteiger partial charge in [0.15, 0.2) is 0 Å². The summed E-state index contributed by atoms with van der Waals surface area (Å²) in [4.78, 5) is 16.5. The molecule has 0 spiro atoms. The minimum atomic E-state index is 0.500. The molecule has 0 amide bonds. The Bertz CT molecular complexity index is 475. The first-order chi connectivity index (χ1) is 9.78. The number of hydrogen-bond acceptors (Lipinski definition) is 2. The molecule has 2 rings (SSSR count). The van der Waals surface area contributed by atoms with E-state index in [1.807, 2.05) is 0 Å². The van der Waals surface area contributed by atoms with E-state index in [4.69, 9.17) is 20.4 Å². The molecular formula is C16H14N2O2-2. The number of nitrogens with zero attached hydrogens (tertiary/aromatic N) is 2. The highest BCUT2D eigenvalue weighted by atomic mass is 16.1. The lowest BCUT2D eigenvalue weighted by molar-refractivity contribution is 0.568. The molecule has 0 heterocycles. The van der Waals surface area contributed by atoms with Crippen molar-refractivity contribution in [2.75, 3.05) is 0 Å². The minimum Gasteiger partial charge on any atom is -0.724 e. The van der Waals surface area contributed by atoms with Crippen molar-refractivity contribution in [1.29, 1.82) is 0 Å². The van der Waals surface area contributed by atoms with Crippen LogP contribution in [-0.4, -0.2) is 12.2 Å². The van der Waals surface area contributed by atoms with E-state index >= 15 is 0 Å². The van der Waals surface area contributed by atoms with E-state index in [-0.39, 0.29) is 0 Å². The first-order valence-electron chi connectivity index (χ1n) is 5.88. The van der Waals surface area contributed by atoms with Gasteiger partial charge in [-0.1, -0.05) is 60.7 Å². The van der Waals surface area contributed by atoms with Gasteiger partial charge in [0.05, 0.1) is 0 Å². The van der Waals surface area contributed by atoms with Gasteiger partial charge in [0.25, 0.3) is 0 Å². The Hall–Kier alpha value is -2.80. The molecule has 102 valence electrons. The van der Waals surface area contributed by atoms with Crippen LogP contribution in [0.5, 0.6) is 0 Å². The van der Waals surface area contributed by atoms with E-state index < -0.39 is 0 Å². The third kappa shape index (κ3) is 9.25. The second-order valence-corrected chi connectivity index (χ2v) is 3.65. The van der Waals surface area contributed by atoms with Crippen molar-refractivity contribution in [3.05, 3.63) is 82.6 Å². The van der Waals surface area contributed by atoms with Gasteiger partial charge in [-0.2, -0.15) is 0 Å². The predicted molar refractivity (Wildman–Crippen MR) is 78.4 cm³/mol. The maximum atomic E-state index is 8.24. The Morgan fingerprint density at radius 3 is 1.15 bits per heavy atom. The Morgan fingerprint density at radius 1 is 0.650 bits per heavy atom. The molecule has 0 aliphatic heterocycles. The lowest BCUT2D eigenvalue weighted by Crippen LogP contribution is -1.89. The van der Waals surface area contributed by atoms with E-state index in [9.17, 15) is 0 Å². The van der Waals surface area contributed by atoms with Crippen molar-refractivity contribution in [2.45, 2.75) is 12.8 Å². The molecule has 4 nitrogen and oxygen atoms in total. The van der Waals surface area contributed by atoms with Gasteiger partial charge in [-0.15, -0.1) is 0 Å². The van der Waals surface area contributed by atoms with Crippen molar-refractivity contribution >= 4 is 12.2 Å². The fourth-order valence-electron chi connectivity index (χ4n) is 1.58. The molecule has 0 fully saturated rings. The van der Waals surface area contributed by atoms with Crippen LogP contribution in [0.15, 0.2) is 60.7 Å². The molecule has 0 radical (unpaired) electrons. The van der Waals surface area contributed by atoms with Gasteiger partial charge >= 0.3 is 0 Å². The third-order valence-corrected chi connectivity index (χ3v) is 2.39. The molecule has 0 aliphatic rings. The predicted octanol–water partition coefficient (Wildman–Crippen LogP) is 3.26. The quantitative estimate of drug-likeness (QED) is 0.631. The zero-order valence-corrected chi connectivity index (χ0v) is 10.9. The molecule has 0 aromatic heterocycles. The molecule has 0 bridgehead atoms. The summed E-state index contributed by atoms with van der Waals surface area (Å²) in [6.45, 7) is 0. The van der Waals surface area contributed by atoms with E-state index in [2.05, 4.69) is 60.7 Å². The molecule has 0 atom stereocenters. The average molecular weight is 266 g/mol. The van der Waals surface area contributed by atoms with Crippen LogP contribution in [0.25, 0.3) is 10.8 Å². The standard InChI is InChI=1S/C14H14.2CNO/c1-3-7-13(8-4-1)11-12-14-9-5-2-6-10-14;2*2-1-3/h1-10H,11-12H2;;/q;2*-1. The SMILES string of the molecule is [N-]=C=O.[N-]=C=O.c1ccc(CCc2ccccc2)cc1. The lowest BCUT2D eigenvalue weighted by Gasteiger charge is -2.01. The largest absolute Gasteiger partial charge is 0.724 e. The highest BCUT2D eigenvalue weighted by molar-refractivity contribution is 5.37. The van der Waals surface area contributed by atoms with Crippen LogP contribution < -0.4 is 0 Å². The summed E-state index contributed by atoms with van der Waals surface area (Å²) in [6, 6.07) is 21.2. The number of benzene rings is 2. The number of carbonyl (C=O) groups excluding carboxylic acids is 2. The Morgan fingerprint density at radius 2 is 0.900 bits per heavy atom. The van der Waals surface area contributed by atoms with Gasteiger partial charge in [-0.05, 0) is 36.1 Å². The number of aryl methyl sites for hydroxylation is 2. The van der Waals surface area contributed by atoms with Crippen molar-refractivity contribution < 1.29 is 9.59 Å². The van der Waals surface area contributed by atoms with Crippen LogP contribution in [0.3, 0.4) is 0 Å². The molecule has 0 N–H and O–H groups in total. The van der Waals surface area contributed by atoms with Gasteiger partial charge in [0.2, 0.25) is 0 Å². The molecule has 0 aliphatic carbocycles. The smallest absolute Gasteiger partial charge is 0.0159 e. The minimum absolute atomic E-state index is 0.500. The van der Waals surface area contributed by atoms with Gasteiger partial charge in [-0.25, -0.2) is 0 Å². The van der Waals surface area contributed by atoms with Crippen LogP contribution in [0.2, 0.25) is 0 Å². The molecular weight excluding hydrogens is 252 g/mol. The first-order valence-corrected chi connectivity index (χ1v) is 5.88. The van der Waals surface area contributed by atoms with E-state index in [1.165, 1.54) is 11.1 Å². The van der Waals surface area contributed by atoms with Gasteiger partial charge in [0, 0.05) is 0 Å². The van der Waals surface area contributed by atoms with Crippen molar-refractivity contribution in [2.24, 2.45) is 0 Å². The molecule has 2 aromatic carbocycles. The fourth-order valence-corrected chi connectivity index (χ4v) is 1.58. The van der Waals surface area contributed by atoms with Crippen LogP contribution in [0.4, 0.5) is 0 Å². The van der Waals surface area contributed by atoms with E-state index in [0.29, 0.717) is 12.2 Å². The number of rotatable bonds is 3. The topological polar surface area (TPSA) is 78.7 Å². The molecule has 0 saturated heterocycles. The zero-order valence-electron chi connectivity index (χ0n) is 10.9. The van der Waals surface area contributed by atoms with Crippen molar-refractivity contribution in [3.63, 3.8) is 0 Å². The van der Waals surface area contributed by atoms with Gasteiger partial charge in [-0.3, -0.25) is 9.59 Å². The van der Waals surface area contributed by atoms with Crippen LogP contribution >= 0.6 is 0 Å². The highest BCUT2D eigenvalue weighted by Gasteiger charge is 1.93. The summed E-state index contributed by atoms with van der Waals surface area (Å²) >= 11 is 0. The monoisotopic (exact) mass is 266 g/mol. The fraction of sp³-hybridized carbons (Fsp3) is 0.125. The normalized spacial score (nSPS) is 7.80. The lowest BCUT2D eigenvalue weighted by atomic mass is 10.0. The Balaban J connectivity index is 0.000000520. The maximum Gasteiger partial charge on any atom is -0.0159 e. The first kappa shape index (κ1) is 17.2. The summed E-state index contributed by atoms with van der Waals surface area (Å²) in [6.07, 6.45) is 3.26. The van der Waals surface area contributed by atoms with E-state index in [1.54, 1.807) is 0 Å². The Labute approximate surface area is 118 Å². The summed E-state index contributed by atoms with van der Waals surface area (Å²) in [5.74, 6) is 0.